The summed E-state index contributed by atoms with van der Waals surface area (Å²) in [6.07, 6.45) is -0.877. The summed E-state index contributed by atoms with van der Waals surface area (Å²) in [5.74, 6) is -4.58. The Bertz CT molecular complexity index is 1380. The summed E-state index contributed by atoms with van der Waals surface area (Å²) in [6.45, 7) is 8.84. The minimum atomic E-state index is -1.54. The van der Waals surface area contributed by atoms with E-state index >= 15 is 0 Å². The van der Waals surface area contributed by atoms with Crippen LogP contribution in [0, 0.1) is 11.3 Å². The first-order valence-corrected chi connectivity index (χ1v) is 15.9. The van der Waals surface area contributed by atoms with Crippen LogP contribution in [0.25, 0.3) is 0 Å². The van der Waals surface area contributed by atoms with Gasteiger partial charge in [-0.05, 0) is 28.9 Å². The van der Waals surface area contributed by atoms with Crippen molar-refractivity contribution >= 4 is 35.6 Å². The van der Waals surface area contributed by atoms with Gasteiger partial charge in [-0.1, -0.05) is 95.3 Å². The lowest BCUT2D eigenvalue weighted by atomic mass is 9.86. The van der Waals surface area contributed by atoms with Crippen molar-refractivity contribution in [1.29, 1.82) is 0 Å². The Morgan fingerprint density at radius 2 is 1.15 bits per heavy atom. The van der Waals surface area contributed by atoms with Gasteiger partial charge in [0.2, 0.25) is 23.6 Å². The van der Waals surface area contributed by atoms with Crippen LogP contribution in [-0.4, -0.2) is 66.8 Å². The lowest BCUT2D eigenvalue weighted by Gasteiger charge is -2.29. The summed E-state index contributed by atoms with van der Waals surface area (Å²) < 4.78 is 10.8. The van der Waals surface area contributed by atoms with Crippen LogP contribution >= 0.6 is 0 Å². The molecule has 0 heterocycles. The normalized spacial score (nSPS) is 13.7. The van der Waals surface area contributed by atoms with Gasteiger partial charge in [-0.3, -0.25) is 24.0 Å². The molecule has 0 aliphatic rings. The Kier molecular flexibility index (Phi) is 15.7. The molecule has 4 amide bonds. The molecule has 0 fully saturated rings. The van der Waals surface area contributed by atoms with Gasteiger partial charge in [-0.15, -0.1) is 0 Å². The van der Waals surface area contributed by atoms with Gasteiger partial charge in [0.1, 0.15) is 31.3 Å². The second kappa shape index (κ2) is 19.1. The van der Waals surface area contributed by atoms with Crippen molar-refractivity contribution in [1.82, 2.24) is 21.3 Å². The number of carbonyl (C=O) groups excluding carboxylic acids is 6. The van der Waals surface area contributed by atoms with Crippen molar-refractivity contribution in [2.75, 3.05) is 7.05 Å². The Balaban J connectivity index is 2.30. The summed E-state index contributed by atoms with van der Waals surface area (Å²) >= 11 is 0. The molecule has 13 nitrogen and oxygen atoms in total. The predicted octanol–water partition coefficient (Wildman–Crippen LogP) is 1.87. The van der Waals surface area contributed by atoms with Gasteiger partial charge in [0.05, 0.1) is 18.9 Å². The standard InChI is InChI=1S/C35H49N5O8/c1-22(2)17-27(34(46)48-21-24-15-11-8-12-16-24)40-32(44)26(19-29(42)47-20-23-13-9-7-10-14-23)38-31(43)25(18-28(41)37-6)39-33(45)30(36)35(3,4)5/h7-16,22,25-27,30H,17-21,36H2,1-6H3,(H,37,41)(H,38,43)(H,39,45)(H,40,44)/t25-,26-,27-,30+/m0/s1. The molecule has 6 N–H and O–H groups in total. The Morgan fingerprint density at radius 3 is 1.62 bits per heavy atom. The molecular weight excluding hydrogens is 618 g/mol. The fraction of sp³-hybridized carbons (Fsp3) is 0.486. The number of benzene rings is 2. The summed E-state index contributed by atoms with van der Waals surface area (Å²) in [4.78, 5) is 78.6. The minimum Gasteiger partial charge on any atom is -0.461 e. The number of amides is 4. The molecule has 0 aliphatic carbocycles. The molecule has 0 unspecified atom stereocenters. The maximum absolute atomic E-state index is 13.7. The summed E-state index contributed by atoms with van der Waals surface area (Å²) in [6, 6.07) is 12.8. The summed E-state index contributed by atoms with van der Waals surface area (Å²) in [7, 11) is 1.37. The molecule has 4 atom stereocenters. The molecule has 2 rings (SSSR count). The largest absolute Gasteiger partial charge is 0.461 e. The van der Waals surface area contributed by atoms with Crippen LogP contribution in [-0.2, 0) is 51.5 Å². The molecule has 0 radical (unpaired) electrons. The first-order chi connectivity index (χ1) is 22.6. The Hall–Kier alpha value is -4.78. The van der Waals surface area contributed by atoms with Crippen molar-refractivity contribution in [2.24, 2.45) is 17.1 Å². The zero-order chi connectivity index (χ0) is 35.9. The fourth-order valence-electron chi connectivity index (χ4n) is 4.38. The number of esters is 2. The highest BCUT2D eigenvalue weighted by Crippen LogP contribution is 2.18. The van der Waals surface area contributed by atoms with Gasteiger partial charge in [0, 0.05) is 7.05 Å². The van der Waals surface area contributed by atoms with Gasteiger partial charge in [0.15, 0.2) is 0 Å². The summed E-state index contributed by atoms with van der Waals surface area (Å²) in [5.41, 5.74) is 6.87. The van der Waals surface area contributed by atoms with Crippen molar-refractivity contribution in [2.45, 2.75) is 91.3 Å². The van der Waals surface area contributed by atoms with Crippen molar-refractivity contribution < 1.29 is 38.2 Å². The Labute approximate surface area is 282 Å². The first kappa shape index (κ1) is 39.4. The lowest BCUT2D eigenvalue weighted by Crippen LogP contribution is -2.59. The molecule has 13 heteroatoms. The van der Waals surface area contributed by atoms with Crippen LogP contribution < -0.4 is 27.0 Å². The third kappa shape index (κ3) is 13.9. The molecule has 48 heavy (non-hydrogen) atoms. The molecule has 2 aromatic carbocycles. The van der Waals surface area contributed by atoms with Crippen molar-refractivity contribution in [3.63, 3.8) is 0 Å². The van der Waals surface area contributed by atoms with Crippen LogP contribution in [0.1, 0.15) is 65.0 Å². The fourth-order valence-corrected chi connectivity index (χ4v) is 4.38. The number of hydrogen-bond donors (Lipinski definition) is 5. The van der Waals surface area contributed by atoms with Crippen LogP contribution in [0.3, 0.4) is 0 Å². The van der Waals surface area contributed by atoms with Crippen molar-refractivity contribution in [3.8, 4) is 0 Å². The van der Waals surface area contributed by atoms with E-state index in [9.17, 15) is 28.8 Å². The van der Waals surface area contributed by atoms with E-state index in [2.05, 4.69) is 21.3 Å². The van der Waals surface area contributed by atoms with E-state index in [1.165, 1.54) is 7.05 Å². The number of ether oxygens (including phenoxy) is 2. The SMILES string of the molecule is CNC(=O)C[C@H](NC(=O)[C@@H](N)C(C)(C)C)C(=O)N[C@@H](CC(=O)OCc1ccccc1)C(=O)N[C@@H](CC(C)C)C(=O)OCc1ccccc1. The molecule has 0 spiro atoms. The highest BCUT2D eigenvalue weighted by molar-refractivity contribution is 5.97. The maximum atomic E-state index is 13.7. The van der Waals surface area contributed by atoms with E-state index in [4.69, 9.17) is 15.2 Å². The molecule has 2 aromatic rings. The molecule has 0 saturated heterocycles. The number of hydrogen-bond acceptors (Lipinski definition) is 9. The zero-order valence-corrected chi connectivity index (χ0v) is 28.5. The number of nitrogens with two attached hydrogens (primary N) is 1. The first-order valence-electron chi connectivity index (χ1n) is 15.9. The topological polar surface area (TPSA) is 195 Å². The molecule has 262 valence electrons. The van der Waals surface area contributed by atoms with Gasteiger partial charge < -0.3 is 36.5 Å². The maximum Gasteiger partial charge on any atom is 0.328 e. The van der Waals surface area contributed by atoms with E-state index in [-0.39, 0.29) is 25.6 Å². The van der Waals surface area contributed by atoms with Crippen LogP contribution in [0.15, 0.2) is 60.7 Å². The average molecular weight is 668 g/mol. The lowest BCUT2D eigenvalue weighted by molar-refractivity contribution is -0.150. The quantitative estimate of drug-likeness (QED) is 0.157. The smallest absolute Gasteiger partial charge is 0.328 e. The van der Waals surface area contributed by atoms with Gasteiger partial charge >= 0.3 is 11.9 Å². The third-order valence-electron chi connectivity index (χ3n) is 7.30. The van der Waals surface area contributed by atoms with E-state index in [0.29, 0.717) is 5.56 Å². The predicted molar refractivity (Wildman–Crippen MR) is 178 cm³/mol. The second-order valence-electron chi connectivity index (χ2n) is 13.0. The number of nitrogens with one attached hydrogen (secondary N) is 4. The molecule has 0 aromatic heterocycles. The van der Waals surface area contributed by atoms with Gasteiger partial charge in [-0.2, -0.15) is 0 Å². The van der Waals surface area contributed by atoms with Gasteiger partial charge in [0.25, 0.3) is 0 Å². The van der Waals surface area contributed by atoms with Crippen LogP contribution in [0.2, 0.25) is 0 Å². The number of carbonyl (C=O) groups is 6. The minimum absolute atomic E-state index is 0.0202. The highest BCUT2D eigenvalue weighted by Gasteiger charge is 2.35. The molecular formula is C35H49N5O8. The van der Waals surface area contributed by atoms with E-state index in [0.717, 1.165) is 5.56 Å². The van der Waals surface area contributed by atoms with Crippen molar-refractivity contribution in [3.05, 3.63) is 71.8 Å². The highest BCUT2D eigenvalue weighted by atomic mass is 16.5. The molecule has 0 saturated carbocycles. The Morgan fingerprint density at radius 1 is 0.688 bits per heavy atom. The van der Waals surface area contributed by atoms with E-state index in [1.807, 2.05) is 26.0 Å². The monoisotopic (exact) mass is 667 g/mol. The zero-order valence-electron chi connectivity index (χ0n) is 28.5. The van der Waals surface area contributed by atoms with Crippen LogP contribution in [0.5, 0.6) is 0 Å². The third-order valence-corrected chi connectivity index (χ3v) is 7.30. The molecule has 0 bridgehead atoms. The second-order valence-corrected chi connectivity index (χ2v) is 13.0. The molecule has 0 aliphatic heterocycles. The average Bonchev–Trinajstić information content (AvgIpc) is 3.04. The van der Waals surface area contributed by atoms with E-state index in [1.54, 1.807) is 69.3 Å². The van der Waals surface area contributed by atoms with Gasteiger partial charge in [-0.25, -0.2) is 4.79 Å². The number of rotatable bonds is 17. The van der Waals surface area contributed by atoms with E-state index < -0.39 is 78.0 Å². The van der Waals surface area contributed by atoms with Crippen LogP contribution in [0.4, 0.5) is 0 Å². The summed E-state index contributed by atoms with van der Waals surface area (Å²) in [5, 5.41) is 9.98.